The first-order valence-corrected chi connectivity index (χ1v) is 4.68. The monoisotopic (exact) mass is 221 g/mol. The number of amides is 2. The fourth-order valence-corrected chi connectivity index (χ4v) is 1.44. The first-order valence-electron chi connectivity index (χ1n) is 4.68. The van der Waals surface area contributed by atoms with Crippen LogP contribution in [0.2, 0.25) is 0 Å². The van der Waals surface area contributed by atoms with E-state index in [2.05, 4.69) is 4.98 Å². The van der Waals surface area contributed by atoms with E-state index >= 15 is 0 Å². The van der Waals surface area contributed by atoms with Gasteiger partial charge in [0.25, 0.3) is 0 Å². The van der Waals surface area contributed by atoms with Crippen molar-refractivity contribution in [2.45, 2.75) is 6.54 Å². The van der Waals surface area contributed by atoms with Gasteiger partial charge in [-0.2, -0.15) is 0 Å². The molecular formula is C10H11N3O3. The highest BCUT2D eigenvalue weighted by Gasteiger charge is 2.06. The van der Waals surface area contributed by atoms with E-state index in [0.717, 1.165) is 5.56 Å². The molecule has 6 heteroatoms. The van der Waals surface area contributed by atoms with Crippen LogP contribution in [0, 0.1) is 0 Å². The number of nitrogens with two attached hydrogens (primary N) is 1. The van der Waals surface area contributed by atoms with Crippen molar-refractivity contribution in [1.82, 2.24) is 9.88 Å². The number of carbonyl (C=O) groups excluding carboxylic acids is 1. The summed E-state index contributed by atoms with van der Waals surface area (Å²) in [4.78, 5) is 25.7. The minimum Gasteiger partial charge on any atom is -0.408 e. The second kappa shape index (κ2) is 3.73. The van der Waals surface area contributed by atoms with Crippen molar-refractivity contribution in [2.75, 3.05) is 7.05 Å². The van der Waals surface area contributed by atoms with Crippen molar-refractivity contribution >= 4 is 17.1 Å². The summed E-state index contributed by atoms with van der Waals surface area (Å²) >= 11 is 0. The van der Waals surface area contributed by atoms with Gasteiger partial charge in [0.05, 0.1) is 5.52 Å². The van der Waals surface area contributed by atoms with Crippen LogP contribution in [0.25, 0.3) is 11.1 Å². The summed E-state index contributed by atoms with van der Waals surface area (Å²) < 4.78 is 4.90. The SMILES string of the molecule is CN(Cc1ccc2[nH]c(=O)oc2c1)C(N)=O. The highest BCUT2D eigenvalue weighted by atomic mass is 16.4. The van der Waals surface area contributed by atoms with Crippen LogP contribution >= 0.6 is 0 Å². The maximum Gasteiger partial charge on any atom is 0.417 e. The molecule has 0 aliphatic rings. The van der Waals surface area contributed by atoms with Crippen molar-refractivity contribution in [3.63, 3.8) is 0 Å². The number of aromatic amines is 1. The standard InChI is InChI=1S/C10H11N3O3/c1-13(9(11)14)5-6-2-3-7-8(4-6)16-10(15)12-7/h2-4H,5H2,1H3,(H2,11,14)(H,12,15). The number of aromatic nitrogens is 1. The first-order chi connectivity index (χ1) is 7.56. The Labute approximate surface area is 90.6 Å². The predicted molar refractivity (Wildman–Crippen MR) is 57.9 cm³/mol. The summed E-state index contributed by atoms with van der Waals surface area (Å²) in [7, 11) is 1.60. The number of hydrogen-bond donors (Lipinski definition) is 2. The third kappa shape index (κ3) is 1.90. The topological polar surface area (TPSA) is 92.3 Å². The van der Waals surface area contributed by atoms with Gasteiger partial charge in [0.1, 0.15) is 0 Å². The van der Waals surface area contributed by atoms with Crippen LogP contribution in [0.1, 0.15) is 5.56 Å². The van der Waals surface area contributed by atoms with Gasteiger partial charge in [-0.25, -0.2) is 9.59 Å². The molecule has 2 amide bonds. The molecule has 0 aliphatic heterocycles. The zero-order chi connectivity index (χ0) is 11.7. The molecule has 2 aromatic rings. The summed E-state index contributed by atoms with van der Waals surface area (Å²) in [6.07, 6.45) is 0. The molecule has 0 saturated carbocycles. The zero-order valence-corrected chi connectivity index (χ0v) is 8.69. The van der Waals surface area contributed by atoms with Crippen LogP contribution in [0.3, 0.4) is 0 Å². The Bertz CT molecular complexity index is 584. The average molecular weight is 221 g/mol. The number of primary amides is 1. The second-order valence-electron chi connectivity index (χ2n) is 3.54. The van der Waals surface area contributed by atoms with Crippen molar-refractivity contribution in [3.8, 4) is 0 Å². The first kappa shape index (κ1) is 10.3. The lowest BCUT2D eigenvalue weighted by Gasteiger charge is -2.13. The van der Waals surface area contributed by atoms with Gasteiger partial charge >= 0.3 is 11.8 Å². The summed E-state index contributed by atoms with van der Waals surface area (Å²) in [5.41, 5.74) is 7.06. The number of hydrogen-bond acceptors (Lipinski definition) is 3. The van der Waals surface area contributed by atoms with Gasteiger partial charge in [0.2, 0.25) is 0 Å². The van der Waals surface area contributed by atoms with Crippen LogP contribution in [0.5, 0.6) is 0 Å². The molecule has 0 radical (unpaired) electrons. The van der Waals surface area contributed by atoms with Gasteiger partial charge in [-0.3, -0.25) is 4.98 Å². The Hall–Kier alpha value is -2.24. The van der Waals surface area contributed by atoms with Crippen LogP contribution in [-0.2, 0) is 6.54 Å². The molecule has 16 heavy (non-hydrogen) atoms. The second-order valence-corrected chi connectivity index (χ2v) is 3.54. The van der Waals surface area contributed by atoms with E-state index < -0.39 is 11.8 Å². The molecule has 0 bridgehead atoms. The van der Waals surface area contributed by atoms with Gasteiger partial charge in [-0.15, -0.1) is 0 Å². The van der Waals surface area contributed by atoms with Crippen LogP contribution < -0.4 is 11.5 Å². The highest BCUT2D eigenvalue weighted by molar-refractivity contribution is 5.74. The number of nitrogens with zero attached hydrogens (tertiary/aromatic N) is 1. The number of urea groups is 1. The fourth-order valence-electron chi connectivity index (χ4n) is 1.44. The van der Waals surface area contributed by atoms with Gasteiger partial charge in [-0.1, -0.05) is 6.07 Å². The van der Waals surface area contributed by atoms with Gasteiger partial charge in [0.15, 0.2) is 5.58 Å². The van der Waals surface area contributed by atoms with Crippen LogP contribution in [0.4, 0.5) is 4.79 Å². The lowest BCUT2D eigenvalue weighted by molar-refractivity contribution is 0.216. The van der Waals surface area contributed by atoms with Crippen LogP contribution in [-0.4, -0.2) is 23.0 Å². The normalized spacial score (nSPS) is 10.6. The number of fused-ring (bicyclic) bond motifs is 1. The number of nitrogens with one attached hydrogen (secondary N) is 1. The maximum atomic E-state index is 10.9. The number of rotatable bonds is 2. The minimum atomic E-state index is -0.504. The molecule has 0 saturated heterocycles. The molecule has 0 aliphatic carbocycles. The fraction of sp³-hybridized carbons (Fsp3) is 0.200. The molecule has 0 unspecified atom stereocenters. The molecule has 6 nitrogen and oxygen atoms in total. The average Bonchev–Trinajstić information content (AvgIpc) is 2.57. The summed E-state index contributed by atoms with van der Waals surface area (Å²) in [6.45, 7) is 0.375. The Balaban J connectivity index is 2.32. The van der Waals surface area contributed by atoms with E-state index in [1.165, 1.54) is 4.90 Å². The zero-order valence-electron chi connectivity index (χ0n) is 8.69. The number of carbonyl (C=O) groups is 1. The Morgan fingerprint density at radius 3 is 3.00 bits per heavy atom. The van der Waals surface area contributed by atoms with E-state index in [1.807, 2.05) is 0 Å². The third-order valence-electron chi connectivity index (χ3n) is 2.28. The number of benzene rings is 1. The van der Waals surface area contributed by atoms with Crippen molar-refractivity contribution in [3.05, 3.63) is 34.3 Å². The summed E-state index contributed by atoms with van der Waals surface area (Å²) in [5, 5.41) is 0. The molecule has 0 fully saturated rings. The van der Waals surface area contributed by atoms with Gasteiger partial charge in [-0.05, 0) is 17.7 Å². The Kier molecular flexibility index (Phi) is 2.40. The smallest absolute Gasteiger partial charge is 0.408 e. The lowest BCUT2D eigenvalue weighted by Crippen LogP contribution is -2.31. The molecule has 0 spiro atoms. The Morgan fingerprint density at radius 1 is 1.56 bits per heavy atom. The lowest BCUT2D eigenvalue weighted by atomic mass is 10.2. The minimum absolute atomic E-state index is 0.375. The van der Waals surface area contributed by atoms with Gasteiger partial charge < -0.3 is 15.1 Å². The van der Waals surface area contributed by atoms with E-state index in [1.54, 1.807) is 25.2 Å². The molecule has 0 atom stereocenters. The third-order valence-corrected chi connectivity index (χ3v) is 2.28. The molecular weight excluding hydrogens is 210 g/mol. The Morgan fingerprint density at radius 2 is 2.31 bits per heavy atom. The molecule has 1 aromatic carbocycles. The van der Waals surface area contributed by atoms with Gasteiger partial charge in [0, 0.05) is 13.6 Å². The van der Waals surface area contributed by atoms with Crippen molar-refractivity contribution in [2.24, 2.45) is 5.73 Å². The predicted octanol–water partition coefficient (Wildman–Crippen LogP) is 0.632. The number of H-pyrrole nitrogens is 1. The summed E-state index contributed by atoms with van der Waals surface area (Å²) in [6, 6.07) is 4.72. The van der Waals surface area contributed by atoms with E-state index in [0.29, 0.717) is 17.6 Å². The quantitative estimate of drug-likeness (QED) is 0.779. The van der Waals surface area contributed by atoms with Crippen molar-refractivity contribution in [1.29, 1.82) is 0 Å². The largest absolute Gasteiger partial charge is 0.417 e. The maximum absolute atomic E-state index is 10.9. The van der Waals surface area contributed by atoms with Crippen molar-refractivity contribution < 1.29 is 9.21 Å². The molecule has 1 aromatic heterocycles. The highest BCUT2D eigenvalue weighted by Crippen LogP contribution is 2.13. The summed E-state index contributed by atoms with van der Waals surface area (Å²) in [5.74, 6) is -0.490. The molecule has 84 valence electrons. The van der Waals surface area contributed by atoms with E-state index in [9.17, 15) is 9.59 Å². The van der Waals surface area contributed by atoms with E-state index in [4.69, 9.17) is 10.2 Å². The molecule has 1 heterocycles. The number of oxazole rings is 1. The van der Waals surface area contributed by atoms with Crippen LogP contribution in [0.15, 0.2) is 27.4 Å². The van der Waals surface area contributed by atoms with E-state index in [-0.39, 0.29) is 0 Å². The molecule has 3 N–H and O–H groups in total. The molecule has 2 rings (SSSR count).